The zero-order valence-electron chi connectivity index (χ0n) is 16.5. The van der Waals surface area contributed by atoms with Crippen LogP contribution in [0.25, 0.3) is 10.2 Å². The lowest BCUT2D eigenvalue weighted by Gasteiger charge is -2.22. The highest BCUT2D eigenvalue weighted by molar-refractivity contribution is 7.22. The zero-order chi connectivity index (χ0) is 21.3. The fraction of sp³-hybridized carbons (Fsp3) is 0.300. The molecule has 0 saturated heterocycles. The summed E-state index contributed by atoms with van der Waals surface area (Å²) in [5.74, 6) is -0.400. The number of halogens is 5. The third-order valence-electron chi connectivity index (χ3n) is 4.35. The molecule has 3 rings (SSSR count). The van der Waals surface area contributed by atoms with Crippen molar-refractivity contribution in [3.8, 4) is 0 Å². The van der Waals surface area contributed by atoms with Crippen LogP contribution in [0.15, 0.2) is 36.4 Å². The van der Waals surface area contributed by atoms with E-state index in [0.29, 0.717) is 23.2 Å². The second kappa shape index (κ2) is 9.51. The first-order chi connectivity index (χ1) is 13.6. The first-order valence-corrected chi connectivity index (χ1v) is 9.96. The molecule has 0 N–H and O–H groups in total. The number of anilines is 1. The molecule has 3 aromatic rings. The van der Waals surface area contributed by atoms with E-state index >= 15 is 0 Å². The summed E-state index contributed by atoms with van der Waals surface area (Å²) in [7, 11) is 3.76. The number of hydrogen-bond acceptors (Lipinski definition) is 4. The van der Waals surface area contributed by atoms with Crippen LogP contribution in [0.4, 0.5) is 18.3 Å². The molecule has 30 heavy (non-hydrogen) atoms. The van der Waals surface area contributed by atoms with Gasteiger partial charge in [0.2, 0.25) is 0 Å². The van der Waals surface area contributed by atoms with E-state index in [9.17, 15) is 18.0 Å². The first kappa shape index (κ1) is 24.4. The number of carbonyl (C=O) groups excluding carboxylic acids is 1. The quantitative estimate of drug-likeness (QED) is 0.458. The van der Waals surface area contributed by atoms with E-state index in [2.05, 4.69) is 4.98 Å². The molecule has 0 unspecified atom stereocenters. The van der Waals surface area contributed by atoms with E-state index < -0.39 is 17.6 Å². The molecule has 1 amide bonds. The van der Waals surface area contributed by atoms with Gasteiger partial charge in [-0.05, 0) is 63.0 Å². The Morgan fingerprint density at radius 1 is 1.13 bits per heavy atom. The molecule has 0 fully saturated rings. The van der Waals surface area contributed by atoms with E-state index in [4.69, 9.17) is 11.6 Å². The molecule has 1 heterocycles. The van der Waals surface area contributed by atoms with Gasteiger partial charge < -0.3 is 4.90 Å². The lowest BCUT2D eigenvalue weighted by molar-refractivity contribution is -0.137. The van der Waals surface area contributed by atoms with Crippen LogP contribution in [0.2, 0.25) is 5.02 Å². The monoisotopic (exact) mass is 477 g/mol. The van der Waals surface area contributed by atoms with Gasteiger partial charge in [0.05, 0.1) is 15.8 Å². The third kappa shape index (κ3) is 5.43. The van der Waals surface area contributed by atoms with Crippen molar-refractivity contribution in [1.29, 1.82) is 0 Å². The van der Waals surface area contributed by atoms with Crippen LogP contribution in [0.1, 0.15) is 21.5 Å². The molecule has 0 spiro atoms. The number of fused-ring (bicyclic) bond motifs is 1. The van der Waals surface area contributed by atoms with Gasteiger partial charge >= 0.3 is 6.18 Å². The van der Waals surface area contributed by atoms with Gasteiger partial charge in [0.25, 0.3) is 5.91 Å². The Kier molecular flexibility index (Phi) is 7.74. The van der Waals surface area contributed by atoms with E-state index in [0.717, 1.165) is 27.9 Å². The summed E-state index contributed by atoms with van der Waals surface area (Å²) in [5.41, 5.74) is 1.03. The van der Waals surface area contributed by atoms with Gasteiger partial charge in [-0.25, -0.2) is 4.98 Å². The van der Waals surface area contributed by atoms with Crippen LogP contribution in [0.3, 0.4) is 0 Å². The summed E-state index contributed by atoms with van der Waals surface area (Å²) in [6, 6.07) is 7.82. The van der Waals surface area contributed by atoms with Crippen molar-refractivity contribution in [3.05, 3.63) is 58.1 Å². The van der Waals surface area contributed by atoms with Gasteiger partial charge in [0.15, 0.2) is 5.13 Å². The SMILES string of the molecule is Cc1cc(Cl)cc2sc(N(CCN(C)C)C(=O)c3ccc(C(F)(F)F)cc3)nc12.Cl. The largest absolute Gasteiger partial charge is 0.416 e. The topological polar surface area (TPSA) is 36.4 Å². The molecule has 0 saturated carbocycles. The minimum Gasteiger partial charge on any atom is -0.308 e. The standard InChI is InChI=1S/C20H19ClF3N3OS.ClH/c1-12-10-15(21)11-16-17(12)25-19(29-16)27(9-8-26(2)3)18(28)13-4-6-14(7-5-13)20(22,23)24;/h4-7,10-11H,8-9H2,1-3H3;1H. The summed E-state index contributed by atoms with van der Waals surface area (Å²) in [5, 5.41) is 1.07. The lowest BCUT2D eigenvalue weighted by Crippen LogP contribution is -2.36. The van der Waals surface area contributed by atoms with Crippen LogP contribution in [-0.2, 0) is 6.18 Å². The predicted octanol–water partition coefficient (Wildman–Crippen LogP) is 5.91. The summed E-state index contributed by atoms with van der Waals surface area (Å²) in [6.45, 7) is 2.81. The van der Waals surface area contributed by atoms with Crippen molar-refractivity contribution < 1.29 is 18.0 Å². The summed E-state index contributed by atoms with van der Waals surface area (Å²) in [4.78, 5) is 21.1. The number of amides is 1. The number of likely N-dealkylation sites (N-methyl/N-ethyl adjacent to an activating group) is 1. The number of nitrogens with zero attached hydrogens (tertiary/aromatic N) is 3. The summed E-state index contributed by atoms with van der Waals surface area (Å²) < 4.78 is 39.3. The Morgan fingerprint density at radius 3 is 2.33 bits per heavy atom. The molecular weight excluding hydrogens is 458 g/mol. The van der Waals surface area contributed by atoms with Gasteiger partial charge in [-0.2, -0.15) is 13.2 Å². The average Bonchev–Trinajstić information content (AvgIpc) is 3.05. The van der Waals surface area contributed by atoms with Gasteiger partial charge in [-0.3, -0.25) is 9.69 Å². The van der Waals surface area contributed by atoms with Crippen molar-refractivity contribution in [3.63, 3.8) is 0 Å². The molecule has 162 valence electrons. The zero-order valence-corrected chi connectivity index (χ0v) is 18.8. The second-order valence-electron chi connectivity index (χ2n) is 6.90. The van der Waals surface area contributed by atoms with Crippen LogP contribution < -0.4 is 4.90 Å². The number of rotatable bonds is 5. The molecule has 0 atom stereocenters. The van der Waals surface area contributed by atoms with Gasteiger partial charge in [0.1, 0.15) is 0 Å². The fourth-order valence-electron chi connectivity index (χ4n) is 2.80. The molecule has 0 aliphatic rings. The minimum atomic E-state index is -4.45. The number of benzene rings is 2. The molecule has 2 aromatic carbocycles. The molecular formula is C20H20Cl2F3N3OS. The number of aromatic nitrogens is 1. The van der Waals surface area contributed by atoms with Crippen molar-refractivity contribution >= 4 is 56.6 Å². The van der Waals surface area contributed by atoms with E-state index in [1.54, 1.807) is 12.1 Å². The number of thiazole rings is 1. The summed E-state index contributed by atoms with van der Waals surface area (Å²) in [6.07, 6.45) is -4.45. The molecule has 0 radical (unpaired) electrons. The maximum Gasteiger partial charge on any atom is 0.416 e. The van der Waals surface area contributed by atoms with Crippen LogP contribution >= 0.6 is 35.3 Å². The highest BCUT2D eigenvalue weighted by Gasteiger charge is 2.31. The minimum absolute atomic E-state index is 0. The van der Waals surface area contributed by atoms with Gasteiger partial charge in [-0.1, -0.05) is 22.9 Å². The maximum absolute atomic E-state index is 13.1. The molecule has 4 nitrogen and oxygen atoms in total. The number of hydrogen-bond donors (Lipinski definition) is 0. The van der Waals surface area contributed by atoms with Crippen molar-refractivity contribution in [2.24, 2.45) is 0 Å². The Labute approximate surface area is 187 Å². The van der Waals surface area contributed by atoms with Crippen molar-refractivity contribution in [2.45, 2.75) is 13.1 Å². The van der Waals surface area contributed by atoms with Gasteiger partial charge in [-0.15, -0.1) is 12.4 Å². The van der Waals surface area contributed by atoms with E-state index in [1.807, 2.05) is 25.9 Å². The van der Waals surface area contributed by atoms with Crippen molar-refractivity contribution in [1.82, 2.24) is 9.88 Å². The first-order valence-electron chi connectivity index (χ1n) is 8.77. The number of aryl methyl sites for hydroxylation is 1. The second-order valence-corrected chi connectivity index (χ2v) is 8.35. The molecule has 0 aliphatic carbocycles. The van der Waals surface area contributed by atoms with Crippen LogP contribution in [-0.4, -0.2) is 43.0 Å². The molecule has 1 aromatic heterocycles. The highest BCUT2D eigenvalue weighted by atomic mass is 35.5. The van der Waals surface area contributed by atoms with E-state index in [-0.39, 0.29) is 18.0 Å². The van der Waals surface area contributed by atoms with Crippen LogP contribution in [0, 0.1) is 6.92 Å². The van der Waals surface area contributed by atoms with Gasteiger partial charge in [0, 0.05) is 23.7 Å². The van der Waals surface area contributed by atoms with E-state index in [1.165, 1.54) is 28.4 Å². The predicted molar refractivity (Wildman–Crippen MR) is 118 cm³/mol. The normalized spacial score (nSPS) is 11.6. The lowest BCUT2D eigenvalue weighted by atomic mass is 10.1. The Bertz CT molecular complexity index is 1040. The molecule has 0 bridgehead atoms. The third-order valence-corrected chi connectivity index (χ3v) is 5.59. The highest BCUT2D eigenvalue weighted by Crippen LogP contribution is 2.34. The summed E-state index contributed by atoms with van der Waals surface area (Å²) >= 11 is 7.45. The fourth-order valence-corrected chi connectivity index (χ4v) is 4.24. The Morgan fingerprint density at radius 2 is 1.77 bits per heavy atom. The number of alkyl halides is 3. The molecule has 10 heteroatoms. The van der Waals surface area contributed by atoms with Crippen molar-refractivity contribution in [2.75, 3.05) is 32.1 Å². The molecule has 0 aliphatic heterocycles. The Hall–Kier alpha value is -1.87. The smallest absolute Gasteiger partial charge is 0.308 e. The average molecular weight is 478 g/mol. The Balaban J connectivity index is 0.00000320. The van der Waals surface area contributed by atoms with Crippen LogP contribution in [0.5, 0.6) is 0 Å². The maximum atomic E-state index is 13.1. The number of carbonyl (C=O) groups is 1.